The number of likely N-dealkylation sites (tertiary alicyclic amines) is 1. The first-order valence-corrected chi connectivity index (χ1v) is 13.1. The molecule has 0 radical (unpaired) electrons. The van der Waals surface area contributed by atoms with E-state index in [9.17, 15) is 14.4 Å². The van der Waals surface area contributed by atoms with Crippen molar-refractivity contribution >= 4 is 35.4 Å². The number of anilines is 1. The number of nitrogens with one attached hydrogen (secondary N) is 1. The topological polar surface area (TPSA) is 156 Å². The minimum atomic E-state index is -1.16. The predicted molar refractivity (Wildman–Crippen MR) is 151 cm³/mol. The van der Waals surface area contributed by atoms with Gasteiger partial charge in [-0.1, -0.05) is 31.3 Å². The second-order valence-electron chi connectivity index (χ2n) is 8.99. The van der Waals surface area contributed by atoms with Gasteiger partial charge >= 0.3 is 12.1 Å². The van der Waals surface area contributed by atoms with Gasteiger partial charge in [0, 0.05) is 41.4 Å². The number of unbranched alkanes of at least 4 members (excludes halogenated alkanes) is 1. The molecule has 2 aliphatic rings. The SMILES string of the molecule is CCCCOC(=O)N=C(N)c1ccc(NCC#CC2=CC(=C=NOCC(=O)O)C(C(=O)N3CCCC3)C=C2)cc1. The third-order valence-electron chi connectivity index (χ3n) is 5.95. The van der Waals surface area contributed by atoms with Crippen LogP contribution < -0.4 is 11.1 Å². The summed E-state index contributed by atoms with van der Waals surface area (Å²) in [4.78, 5) is 45.6. The monoisotopic (exact) mass is 547 g/mol. The zero-order valence-electron chi connectivity index (χ0n) is 22.4. The van der Waals surface area contributed by atoms with E-state index in [-0.39, 0.29) is 11.7 Å². The van der Waals surface area contributed by atoms with Crippen LogP contribution in [0, 0.1) is 17.8 Å². The van der Waals surface area contributed by atoms with Gasteiger partial charge in [0.15, 0.2) is 0 Å². The summed E-state index contributed by atoms with van der Waals surface area (Å²) in [6.45, 7) is 3.46. The minimum absolute atomic E-state index is 0.0582. The Labute approximate surface area is 233 Å². The smallest absolute Gasteiger partial charge is 0.435 e. The molecule has 0 saturated carbocycles. The number of carbonyl (C=O) groups excluding carboxylic acids is 2. The van der Waals surface area contributed by atoms with Crippen molar-refractivity contribution in [3.05, 3.63) is 59.2 Å². The van der Waals surface area contributed by atoms with Crippen LogP contribution in [-0.2, 0) is 19.2 Å². The predicted octanol–water partition coefficient (Wildman–Crippen LogP) is 3.09. The lowest BCUT2D eigenvalue weighted by Gasteiger charge is -2.22. The lowest BCUT2D eigenvalue weighted by Crippen LogP contribution is -2.34. The Hall–Kier alpha value is -4.81. The van der Waals surface area contributed by atoms with E-state index in [1.54, 1.807) is 47.4 Å². The van der Waals surface area contributed by atoms with Crippen molar-refractivity contribution in [2.45, 2.75) is 32.6 Å². The van der Waals surface area contributed by atoms with Crippen LogP contribution in [0.4, 0.5) is 10.5 Å². The van der Waals surface area contributed by atoms with Gasteiger partial charge in [-0.25, -0.2) is 9.59 Å². The molecule has 1 saturated heterocycles. The third-order valence-corrected chi connectivity index (χ3v) is 5.95. The molecule has 4 N–H and O–H groups in total. The maximum atomic E-state index is 13.0. The summed E-state index contributed by atoms with van der Waals surface area (Å²) in [5.74, 6) is 7.00. The number of carboxylic acid groups (broad SMARTS) is 1. The fraction of sp³-hybridized carbons (Fsp3) is 0.379. The molecule has 11 heteroatoms. The molecule has 0 bridgehead atoms. The van der Waals surface area contributed by atoms with Gasteiger partial charge in [-0.05, 0) is 60.8 Å². The Kier molecular flexibility index (Phi) is 11.6. The maximum Gasteiger partial charge on any atom is 0.435 e. The van der Waals surface area contributed by atoms with Crippen molar-refractivity contribution in [2.75, 3.05) is 38.2 Å². The molecule has 2 amide bonds. The van der Waals surface area contributed by atoms with E-state index in [4.69, 9.17) is 20.4 Å². The number of carbonyl (C=O) groups is 3. The zero-order chi connectivity index (χ0) is 28.7. The van der Waals surface area contributed by atoms with E-state index < -0.39 is 24.6 Å². The van der Waals surface area contributed by atoms with Gasteiger partial charge in [0.25, 0.3) is 0 Å². The number of hydrogen-bond donors (Lipinski definition) is 3. The van der Waals surface area contributed by atoms with Gasteiger partial charge in [0.2, 0.25) is 12.5 Å². The number of benzene rings is 1. The molecule has 1 atom stereocenters. The molecule has 1 heterocycles. The summed E-state index contributed by atoms with van der Waals surface area (Å²) < 4.78 is 4.99. The number of amides is 2. The Morgan fingerprint density at radius 2 is 1.95 bits per heavy atom. The number of nitrogens with zero attached hydrogens (tertiary/aromatic N) is 3. The Balaban J connectivity index is 1.60. The van der Waals surface area contributed by atoms with Crippen molar-refractivity contribution in [3.8, 4) is 11.8 Å². The van der Waals surface area contributed by atoms with Crippen LogP contribution >= 0.6 is 0 Å². The van der Waals surface area contributed by atoms with Crippen LogP contribution in [0.1, 0.15) is 38.2 Å². The van der Waals surface area contributed by atoms with Gasteiger partial charge < -0.3 is 30.6 Å². The number of amidine groups is 1. The first-order valence-electron chi connectivity index (χ1n) is 13.1. The van der Waals surface area contributed by atoms with E-state index in [2.05, 4.69) is 33.2 Å². The molecule has 1 aromatic rings. The lowest BCUT2D eigenvalue weighted by atomic mass is 9.91. The fourth-order valence-corrected chi connectivity index (χ4v) is 3.86. The minimum Gasteiger partial charge on any atom is -0.479 e. The van der Waals surface area contributed by atoms with Crippen molar-refractivity contribution in [1.82, 2.24) is 4.90 Å². The first kappa shape index (κ1) is 29.7. The van der Waals surface area contributed by atoms with Crippen LogP contribution in [0.3, 0.4) is 0 Å². The highest BCUT2D eigenvalue weighted by molar-refractivity contribution is 6.02. The molecule has 0 spiro atoms. The van der Waals surface area contributed by atoms with E-state index in [1.165, 1.54) is 0 Å². The third kappa shape index (κ3) is 9.49. The Bertz CT molecular complexity index is 1290. The maximum absolute atomic E-state index is 13.0. The zero-order valence-corrected chi connectivity index (χ0v) is 22.4. The Morgan fingerprint density at radius 3 is 2.65 bits per heavy atom. The highest BCUT2D eigenvalue weighted by Gasteiger charge is 2.28. The highest BCUT2D eigenvalue weighted by Crippen LogP contribution is 2.24. The summed E-state index contributed by atoms with van der Waals surface area (Å²) >= 11 is 0. The van der Waals surface area contributed by atoms with Gasteiger partial charge in [0.1, 0.15) is 5.84 Å². The number of nitrogens with two attached hydrogens (primary N) is 1. The molecular formula is C29H33N5O6. The summed E-state index contributed by atoms with van der Waals surface area (Å²) in [5.41, 5.74) is 8.39. The molecule has 0 aromatic heterocycles. The second kappa shape index (κ2) is 15.6. The van der Waals surface area contributed by atoms with Crippen LogP contribution in [-0.4, -0.2) is 72.5 Å². The largest absolute Gasteiger partial charge is 0.479 e. The summed E-state index contributed by atoms with van der Waals surface area (Å²) in [6, 6.07) is 7.07. The molecule has 1 unspecified atom stereocenters. The standard InChI is InChI=1S/C29H33N5O6/c1-2-3-17-39-29(38)33-27(30)22-9-11-24(12-10-22)31-14-6-7-21-8-13-25(28(37)34-15-4-5-16-34)23(18-21)19-32-40-20-26(35)36/h8-13,18,25,31H,2-5,14-17,20H2,1H3,(H,35,36)(H2,30,33,38). The molecule has 1 aromatic carbocycles. The number of carboxylic acids is 1. The second-order valence-corrected chi connectivity index (χ2v) is 8.99. The molecule has 210 valence electrons. The van der Waals surface area contributed by atoms with Crippen molar-refractivity contribution in [3.63, 3.8) is 0 Å². The van der Waals surface area contributed by atoms with Crippen LogP contribution in [0.2, 0.25) is 0 Å². The number of aliphatic imine (C=N–C) groups is 1. The highest BCUT2D eigenvalue weighted by atomic mass is 16.6. The van der Waals surface area contributed by atoms with Crippen molar-refractivity contribution in [1.29, 1.82) is 0 Å². The normalized spacial score (nSPS) is 16.3. The van der Waals surface area contributed by atoms with Crippen LogP contribution in [0.5, 0.6) is 0 Å². The number of rotatable bonds is 10. The molecule has 1 aliphatic carbocycles. The fourth-order valence-electron chi connectivity index (χ4n) is 3.86. The number of aliphatic carboxylic acids is 1. The van der Waals surface area contributed by atoms with Crippen molar-refractivity contribution < 1.29 is 29.1 Å². The summed E-state index contributed by atoms with van der Waals surface area (Å²) in [7, 11) is 0. The number of allylic oxidation sites excluding steroid dienone is 3. The molecular weight excluding hydrogens is 514 g/mol. The Morgan fingerprint density at radius 1 is 1.20 bits per heavy atom. The van der Waals surface area contributed by atoms with E-state index in [1.807, 2.05) is 6.92 Å². The van der Waals surface area contributed by atoms with Gasteiger partial charge in [-0.3, -0.25) is 4.79 Å². The quantitative estimate of drug-likeness (QED) is 0.133. The van der Waals surface area contributed by atoms with Crippen molar-refractivity contribution in [2.24, 2.45) is 21.8 Å². The average molecular weight is 548 g/mol. The van der Waals surface area contributed by atoms with Crippen LogP contribution in [0.15, 0.2) is 63.8 Å². The lowest BCUT2D eigenvalue weighted by molar-refractivity contribution is -0.142. The van der Waals surface area contributed by atoms with Crippen LogP contribution in [0.25, 0.3) is 0 Å². The molecule has 3 rings (SSSR count). The molecule has 1 aliphatic heterocycles. The molecule has 11 nitrogen and oxygen atoms in total. The number of hydrogen-bond acceptors (Lipinski definition) is 7. The van der Waals surface area contributed by atoms with E-state index in [0.717, 1.165) is 31.4 Å². The summed E-state index contributed by atoms with van der Waals surface area (Å²) in [5, 5.41) is 15.5. The number of ether oxygens (including phenoxy) is 1. The van der Waals surface area contributed by atoms with E-state index >= 15 is 0 Å². The van der Waals surface area contributed by atoms with Gasteiger partial charge in [-0.2, -0.15) is 4.99 Å². The first-order chi connectivity index (χ1) is 19.4. The van der Waals surface area contributed by atoms with Gasteiger partial charge in [0.05, 0.1) is 19.1 Å². The molecule has 1 fully saturated rings. The average Bonchev–Trinajstić information content (AvgIpc) is 3.49. The van der Waals surface area contributed by atoms with E-state index in [0.29, 0.717) is 43.0 Å². The molecule has 40 heavy (non-hydrogen) atoms. The van der Waals surface area contributed by atoms with Gasteiger partial charge in [-0.15, -0.1) is 0 Å². The summed E-state index contributed by atoms with van der Waals surface area (Å²) in [6.07, 6.45) is 8.13.